The molecule has 0 heterocycles. The van der Waals surface area contributed by atoms with E-state index in [2.05, 4.69) is 16.0 Å². The van der Waals surface area contributed by atoms with Crippen molar-refractivity contribution in [1.82, 2.24) is 5.32 Å². The topological polar surface area (TPSA) is 88.5 Å². The third-order valence-corrected chi connectivity index (χ3v) is 3.40. The summed E-state index contributed by atoms with van der Waals surface area (Å²) in [6, 6.07) is 13.9. The average molecular weight is 346 g/mol. The van der Waals surface area contributed by atoms with E-state index in [1.54, 1.807) is 25.3 Å². The van der Waals surface area contributed by atoms with Gasteiger partial charge in [0.05, 0.1) is 12.0 Å². The van der Waals surface area contributed by atoms with Crippen LogP contribution < -0.4 is 20.7 Å². The Hall–Kier alpha value is -2.87. The highest BCUT2D eigenvalue weighted by molar-refractivity contribution is 7.80. The molecular formula is C16H18N4O3S. The van der Waals surface area contributed by atoms with Crippen molar-refractivity contribution in [2.24, 2.45) is 0 Å². The molecule has 126 valence electrons. The van der Waals surface area contributed by atoms with Crippen molar-refractivity contribution in [3.8, 4) is 5.75 Å². The monoisotopic (exact) mass is 346 g/mol. The van der Waals surface area contributed by atoms with Gasteiger partial charge >= 0.3 is 0 Å². The number of nitrogens with one attached hydrogen (secondary N) is 3. The van der Waals surface area contributed by atoms with E-state index in [0.29, 0.717) is 23.9 Å². The zero-order chi connectivity index (χ0) is 17.4. The Morgan fingerprint density at radius 1 is 1.21 bits per heavy atom. The first-order chi connectivity index (χ1) is 11.6. The Bertz CT molecular complexity index is 724. The summed E-state index contributed by atoms with van der Waals surface area (Å²) in [4.78, 5) is 10.5. The number of methoxy groups -OCH3 is 1. The summed E-state index contributed by atoms with van der Waals surface area (Å²) in [5.41, 5.74) is 1.35. The van der Waals surface area contributed by atoms with Gasteiger partial charge in [0.15, 0.2) is 5.11 Å². The van der Waals surface area contributed by atoms with Gasteiger partial charge in [-0.3, -0.25) is 10.1 Å². The van der Waals surface area contributed by atoms with Crippen molar-refractivity contribution in [2.45, 2.75) is 0 Å². The highest BCUT2D eigenvalue weighted by Gasteiger charge is 2.11. The quantitative estimate of drug-likeness (QED) is 0.307. The molecule has 0 aliphatic heterocycles. The van der Waals surface area contributed by atoms with Crippen LogP contribution in [0, 0.1) is 10.1 Å². The number of rotatable bonds is 7. The lowest BCUT2D eigenvalue weighted by Crippen LogP contribution is -2.32. The van der Waals surface area contributed by atoms with Crippen molar-refractivity contribution in [1.29, 1.82) is 0 Å². The summed E-state index contributed by atoms with van der Waals surface area (Å²) in [5, 5.41) is 20.5. The predicted molar refractivity (Wildman–Crippen MR) is 98.8 cm³/mol. The Labute approximate surface area is 145 Å². The molecule has 7 nitrogen and oxygen atoms in total. The van der Waals surface area contributed by atoms with Crippen molar-refractivity contribution in [2.75, 3.05) is 30.8 Å². The Kier molecular flexibility index (Phi) is 6.32. The summed E-state index contributed by atoms with van der Waals surface area (Å²) in [7, 11) is 1.60. The molecule has 3 N–H and O–H groups in total. The van der Waals surface area contributed by atoms with E-state index in [0.717, 1.165) is 11.4 Å². The Morgan fingerprint density at radius 3 is 2.75 bits per heavy atom. The number of nitro benzene ring substituents is 1. The molecule has 0 aliphatic rings. The molecule has 0 saturated carbocycles. The largest absolute Gasteiger partial charge is 0.497 e. The van der Waals surface area contributed by atoms with Crippen LogP contribution in [0.15, 0.2) is 48.5 Å². The predicted octanol–water partition coefficient (Wildman–Crippen LogP) is 3.00. The van der Waals surface area contributed by atoms with Gasteiger partial charge in [0.1, 0.15) is 11.4 Å². The molecule has 2 aromatic rings. The second-order valence-corrected chi connectivity index (χ2v) is 5.22. The molecule has 8 heteroatoms. The normalized spacial score (nSPS) is 9.88. The van der Waals surface area contributed by atoms with Crippen LogP contribution in [0.25, 0.3) is 0 Å². The van der Waals surface area contributed by atoms with Crippen LogP contribution >= 0.6 is 12.2 Å². The van der Waals surface area contributed by atoms with Gasteiger partial charge in [-0.1, -0.05) is 18.2 Å². The molecule has 0 bridgehead atoms. The molecule has 0 atom stereocenters. The third kappa shape index (κ3) is 5.10. The minimum absolute atomic E-state index is 0.0505. The fourth-order valence-corrected chi connectivity index (χ4v) is 2.25. The number of anilines is 2. The lowest BCUT2D eigenvalue weighted by atomic mass is 10.2. The number of benzene rings is 2. The van der Waals surface area contributed by atoms with Crippen LogP contribution in [0.2, 0.25) is 0 Å². The standard InChI is InChI=1S/C16H18N4O3S/c1-23-13-6-4-5-12(11-13)19-16(24)18-10-9-17-14-7-2-3-8-15(14)20(21)22/h2-8,11,17H,9-10H2,1H3,(H2,18,19,24). The molecule has 24 heavy (non-hydrogen) atoms. The molecule has 2 aromatic carbocycles. The second kappa shape index (κ2) is 8.68. The molecule has 2 rings (SSSR count). The van der Waals surface area contributed by atoms with Crippen LogP contribution in [0.4, 0.5) is 17.1 Å². The van der Waals surface area contributed by atoms with Gasteiger partial charge in [0.2, 0.25) is 0 Å². The van der Waals surface area contributed by atoms with Gasteiger partial charge in [0, 0.05) is 30.9 Å². The average Bonchev–Trinajstić information content (AvgIpc) is 2.59. The summed E-state index contributed by atoms with van der Waals surface area (Å²) in [6.45, 7) is 1.01. The first-order valence-electron chi connectivity index (χ1n) is 7.26. The highest BCUT2D eigenvalue weighted by Crippen LogP contribution is 2.22. The number of hydrogen-bond donors (Lipinski definition) is 3. The summed E-state index contributed by atoms with van der Waals surface area (Å²) >= 11 is 5.21. The Balaban J connectivity index is 1.78. The lowest BCUT2D eigenvalue weighted by molar-refractivity contribution is -0.384. The number of hydrogen-bond acceptors (Lipinski definition) is 5. The number of para-hydroxylation sites is 2. The fraction of sp³-hybridized carbons (Fsp3) is 0.188. The van der Waals surface area contributed by atoms with Gasteiger partial charge in [-0.25, -0.2) is 0 Å². The summed E-state index contributed by atoms with van der Waals surface area (Å²) in [6.07, 6.45) is 0. The van der Waals surface area contributed by atoms with E-state index in [1.165, 1.54) is 6.07 Å². The van der Waals surface area contributed by atoms with Gasteiger partial charge in [-0.15, -0.1) is 0 Å². The minimum Gasteiger partial charge on any atom is -0.497 e. The van der Waals surface area contributed by atoms with Gasteiger partial charge in [0.25, 0.3) is 5.69 Å². The molecule has 0 radical (unpaired) electrons. The van der Waals surface area contributed by atoms with E-state index in [9.17, 15) is 10.1 Å². The number of ether oxygens (including phenoxy) is 1. The fourth-order valence-electron chi connectivity index (χ4n) is 2.03. The van der Waals surface area contributed by atoms with Crippen molar-refractivity contribution < 1.29 is 9.66 Å². The summed E-state index contributed by atoms with van der Waals surface area (Å²) in [5.74, 6) is 0.737. The Morgan fingerprint density at radius 2 is 2.00 bits per heavy atom. The zero-order valence-corrected chi connectivity index (χ0v) is 13.9. The molecule has 0 spiro atoms. The van der Waals surface area contributed by atoms with Crippen LogP contribution in [0.5, 0.6) is 5.75 Å². The van der Waals surface area contributed by atoms with Crippen molar-refractivity contribution >= 4 is 34.4 Å². The first kappa shape index (κ1) is 17.5. The van der Waals surface area contributed by atoms with Crippen LogP contribution in [0.3, 0.4) is 0 Å². The number of nitro groups is 1. The minimum atomic E-state index is -0.412. The van der Waals surface area contributed by atoms with E-state index >= 15 is 0 Å². The molecular weight excluding hydrogens is 328 g/mol. The number of thiocarbonyl (C=S) groups is 1. The lowest BCUT2D eigenvalue weighted by Gasteiger charge is -2.12. The van der Waals surface area contributed by atoms with Gasteiger partial charge in [-0.2, -0.15) is 0 Å². The summed E-state index contributed by atoms with van der Waals surface area (Å²) < 4.78 is 5.15. The molecule has 0 aromatic heterocycles. The zero-order valence-electron chi connectivity index (χ0n) is 13.1. The molecule has 0 amide bonds. The molecule has 0 unspecified atom stereocenters. The van der Waals surface area contributed by atoms with E-state index < -0.39 is 4.92 Å². The van der Waals surface area contributed by atoms with Crippen molar-refractivity contribution in [3.63, 3.8) is 0 Å². The van der Waals surface area contributed by atoms with Gasteiger partial charge in [-0.05, 0) is 30.4 Å². The first-order valence-corrected chi connectivity index (χ1v) is 7.67. The van der Waals surface area contributed by atoms with Crippen molar-refractivity contribution in [3.05, 3.63) is 58.6 Å². The van der Waals surface area contributed by atoms with Crippen LogP contribution in [0.1, 0.15) is 0 Å². The van der Waals surface area contributed by atoms with E-state index in [-0.39, 0.29) is 5.69 Å². The maximum absolute atomic E-state index is 10.9. The SMILES string of the molecule is COc1cccc(NC(=S)NCCNc2ccccc2[N+](=O)[O-])c1. The second-order valence-electron chi connectivity index (χ2n) is 4.81. The van der Waals surface area contributed by atoms with E-state index in [1.807, 2.05) is 24.3 Å². The van der Waals surface area contributed by atoms with E-state index in [4.69, 9.17) is 17.0 Å². The van der Waals surface area contributed by atoms with Crippen LogP contribution in [-0.2, 0) is 0 Å². The third-order valence-electron chi connectivity index (χ3n) is 3.15. The number of nitrogens with zero attached hydrogens (tertiary/aromatic N) is 1. The van der Waals surface area contributed by atoms with Gasteiger partial charge < -0.3 is 20.7 Å². The smallest absolute Gasteiger partial charge is 0.292 e. The molecule has 0 fully saturated rings. The molecule has 0 saturated heterocycles. The van der Waals surface area contributed by atoms with Crippen LogP contribution in [-0.4, -0.2) is 30.2 Å². The highest BCUT2D eigenvalue weighted by atomic mass is 32.1. The maximum Gasteiger partial charge on any atom is 0.292 e. The maximum atomic E-state index is 10.9. The molecule has 0 aliphatic carbocycles.